The second-order valence-corrected chi connectivity index (χ2v) is 7.34. The smallest absolute Gasteiger partial charge is 0.242 e. The van der Waals surface area contributed by atoms with Crippen molar-refractivity contribution < 1.29 is 14.3 Å². The van der Waals surface area contributed by atoms with Gasteiger partial charge in [0.15, 0.2) is 0 Å². The van der Waals surface area contributed by atoms with Gasteiger partial charge in [-0.2, -0.15) is 0 Å². The molecule has 0 aromatic heterocycles. The summed E-state index contributed by atoms with van der Waals surface area (Å²) in [5.74, 6) is 0.882. The minimum Gasteiger partial charge on any atom is -0.497 e. The van der Waals surface area contributed by atoms with Crippen molar-refractivity contribution in [3.8, 4) is 5.75 Å². The minimum atomic E-state index is -0.495. The molecular formula is C22H28N2O3S. The fraction of sp³-hybridized carbons (Fsp3) is 0.364. The number of ether oxygens (including phenoxy) is 1. The van der Waals surface area contributed by atoms with Crippen LogP contribution in [0, 0.1) is 0 Å². The van der Waals surface area contributed by atoms with Crippen LogP contribution in [0.5, 0.6) is 5.75 Å². The molecule has 6 heteroatoms. The molecule has 0 aliphatic heterocycles. The molecule has 0 saturated heterocycles. The second-order valence-electron chi connectivity index (χ2n) is 6.29. The van der Waals surface area contributed by atoms with E-state index in [1.807, 2.05) is 68.4 Å². The van der Waals surface area contributed by atoms with Gasteiger partial charge in [0, 0.05) is 18.0 Å². The van der Waals surface area contributed by atoms with E-state index in [0.717, 1.165) is 16.2 Å². The molecule has 0 aliphatic carbocycles. The lowest BCUT2D eigenvalue weighted by atomic mass is 10.1. The number of methoxy groups -OCH3 is 1. The highest BCUT2D eigenvalue weighted by atomic mass is 32.2. The lowest BCUT2D eigenvalue weighted by Crippen LogP contribution is -2.49. The van der Waals surface area contributed by atoms with Gasteiger partial charge in [0.05, 0.1) is 12.9 Å². The Bertz CT molecular complexity index is 750. The maximum absolute atomic E-state index is 13.1. The molecule has 0 fully saturated rings. The number of hydrogen-bond donors (Lipinski definition) is 1. The second kappa shape index (κ2) is 11.4. The summed E-state index contributed by atoms with van der Waals surface area (Å²) in [7, 11) is 1.62. The molecule has 5 nitrogen and oxygen atoms in total. The zero-order valence-electron chi connectivity index (χ0n) is 16.7. The van der Waals surface area contributed by atoms with Crippen molar-refractivity contribution in [2.75, 3.05) is 19.4 Å². The third-order valence-corrected chi connectivity index (χ3v) is 5.35. The Morgan fingerprint density at radius 1 is 1.07 bits per heavy atom. The molecule has 0 radical (unpaired) electrons. The Morgan fingerprint density at radius 3 is 2.32 bits per heavy atom. The quantitative estimate of drug-likeness (QED) is 0.618. The molecule has 1 unspecified atom stereocenters. The molecule has 0 spiro atoms. The van der Waals surface area contributed by atoms with Crippen molar-refractivity contribution in [3.63, 3.8) is 0 Å². The monoisotopic (exact) mass is 400 g/mol. The van der Waals surface area contributed by atoms with Gasteiger partial charge < -0.3 is 15.0 Å². The molecule has 28 heavy (non-hydrogen) atoms. The number of likely N-dealkylation sites (N-methyl/N-ethyl adjacent to an activating group) is 1. The summed E-state index contributed by atoms with van der Waals surface area (Å²) in [6.45, 7) is 4.73. The van der Waals surface area contributed by atoms with E-state index in [2.05, 4.69) is 5.32 Å². The van der Waals surface area contributed by atoms with E-state index < -0.39 is 6.04 Å². The summed E-state index contributed by atoms with van der Waals surface area (Å²) in [5.41, 5.74) is 0.960. The number of hydrogen-bond acceptors (Lipinski definition) is 4. The number of nitrogens with zero attached hydrogens (tertiary/aromatic N) is 1. The number of rotatable bonds is 10. The highest BCUT2D eigenvalue weighted by Gasteiger charge is 2.28. The Morgan fingerprint density at radius 2 is 1.75 bits per heavy atom. The first-order valence-corrected chi connectivity index (χ1v) is 10.5. The van der Waals surface area contributed by atoms with Crippen LogP contribution in [-0.2, 0) is 16.1 Å². The Labute approximate surface area is 171 Å². The molecule has 0 aliphatic rings. The summed E-state index contributed by atoms with van der Waals surface area (Å²) in [6, 6.07) is 16.9. The average Bonchev–Trinajstić information content (AvgIpc) is 2.73. The third-order valence-electron chi connectivity index (χ3n) is 4.35. The molecule has 1 atom stereocenters. The molecule has 2 rings (SSSR count). The van der Waals surface area contributed by atoms with Crippen molar-refractivity contribution >= 4 is 23.6 Å². The van der Waals surface area contributed by atoms with Gasteiger partial charge in [0.25, 0.3) is 0 Å². The first kappa shape index (κ1) is 21.8. The summed E-state index contributed by atoms with van der Waals surface area (Å²) >= 11 is 1.48. The van der Waals surface area contributed by atoms with Gasteiger partial charge in [-0.25, -0.2) is 0 Å². The van der Waals surface area contributed by atoms with E-state index >= 15 is 0 Å². The van der Waals surface area contributed by atoms with Crippen molar-refractivity contribution in [3.05, 3.63) is 60.2 Å². The number of carbonyl (C=O) groups excluding carboxylic acids is 2. The van der Waals surface area contributed by atoms with E-state index in [1.54, 1.807) is 12.0 Å². The van der Waals surface area contributed by atoms with Crippen LogP contribution in [0.4, 0.5) is 0 Å². The topological polar surface area (TPSA) is 58.6 Å². The lowest BCUT2D eigenvalue weighted by molar-refractivity contribution is -0.139. The molecule has 0 saturated carbocycles. The van der Waals surface area contributed by atoms with E-state index in [0.29, 0.717) is 19.5 Å². The largest absolute Gasteiger partial charge is 0.497 e. The fourth-order valence-corrected chi connectivity index (χ4v) is 3.69. The molecule has 2 aromatic carbocycles. The first-order valence-electron chi connectivity index (χ1n) is 9.47. The van der Waals surface area contributed by atoms with Crippen LogP contribution in [0.1, 0.15) is 25.8 Å². The Hall–Kier alpha value is -2.47. The van der Waals surface area contributed by atoms with E-state index in [-0.39, 0.29) is 17.6 Å². The SMILES string of the molecule is CCNC(=O)C(CC)N(Cc1ccc(OC)cc1)C(=O)CSc1ccccc1. The zero-order valence-corrected chi connectivity index (χ0v) is 17.5. The minimum absolute atomic E-state index is 0.0530. The van der Waals surface area contributed by atoms with Crippen LogP contribution < -0.4 is 10.1 Å². The average molecular weight is 401 g/mol. The maximum Gasteiger partial charge on any atom is 0.242 e. The highest BCUT2D eigenvalue weighted by molar-refractivity contribution is 8.00. The fourth-order valence-electron chi connectivity index (χ4n) is 2.88. The van der Waals surface area contributed by atoms with Crippen LogP contribution in [-0.4, -0.2) is 42.2 Å². The number of thioether (sulfide) groups is 1. The standard InChI is InChI=1S/C22H28N2O3S/c1-4-20(22(26)23-5-2)24(15-17-11-13-18(27-3)14-12-17)21(25)16-28-19-9-7-6-8-10-19/h6-14,20H,4-5,15-16H2,1-3H3,(H,23,26). The zero-order chi connectivity index (χ0) is 20.4. The van der Waals surface area contributed by atoms with E-state index in [1.165, 1.54) is 11.8 Å². The molecule has 2 amide bonds. The maximum atomic E-state index is 13.1. The number of carbonyl (C=O) groups is 2. The molecule has 0 bridgehead atoms. The van der Waals surface area contributed by atoms with Crippen molar-refractivity contribution in [1.82, 2.24) is 10.2 Å². The summed E-state index contributed by atoms with van der Waals surface area (Å²) in [5, 5.41) is 2.85. The van der Waals surface area contributed by atoms with Crippen LogP contribution in [0.25, 0.3) is 0 Å². The lowest BCUT2D eigenvalue weighted by Gasteiger charge is -2.30. The number of nitrogens with one attached hydrogen (secondary N) is 1. The molecular weight excluding hydrogens is 372 g/mol. The Balaban J connectivity index is 2.17. The number of amides is 2. The van der Waals surface area contributed by atoms with E-state index in [9.17, 15) is 9.59 Å². The van der Waals surface area contributed by atoms with Crippen LogP contribution in [0.2, 0.25) is 0 Å². The van der Waals surface area contributed by atoms with Crippen molar-refractivity contribution in [2.45, 2.75) is 37.8 Å². The van der Waals surface area contributed by atoms with Gasteiger partial charge in [-0.05, 0) is 43.2 Å². The van der Waals surface area contributed by atoms with Gasteiger partial charge in [0.2, 0.25) is 11.8 Å². The molecule has 2 aromatic rings. The van der Waals surface area contributed by atoms with Crippen molar-refractivity contribution in [2.24, 2.45) is 0 Å². The van der Waals surface area contributed by atoms with Crippen LogP contribution in [0.15, 0.2) is 59.5 Å². The summed E-state index contributed by atoms with van der Waals surface area (Å²) in [4.78, 5) is 28.3. The van der Waals surface area contributed by atoms with E-state index in [4.69, 9.17) is 4.74 Å². The van der Waals surface area contributed by atoms with Gasteiger partial charge in [-0.15, -0.1) is 11.8 Å². The molecule has 0 heterocycles. The highest BCUT2D eigenvalue weighted by Crippen LogP contribution is 2.21. The van der Waals surface area contributed by atoms with Crippen LogP contribution in [0.3, 0.4) is 0 Å². The van der Waals surface area contributed by atoms with Gasteiger partial charge in [-0.3, -0.25) is 9.59 Å². The van der Waals surface area contributed by atoms with Gasteiger partial charge >= 0.3 is 0 Å². The van der Waals surface area contributed by atoms with Gasteiger partial charge in [-0.1, -0.05) is 37.3 Å². The summed E-state index contributed by atoms with van der Waals surface area (Å²) < 4.78 is 5.20. The molecule has 1 N–H and O–H groups in total. The molecule has 150 valence electrons. The predicted molar refractivity (Wildman–Crippen MR) is 113 cm³/mol. The van der Waals surface area contributed by atoms with Gasteiger partial charge in [0.1, 0.15) is 11.8 Å². The van der Waals surface area contributed by atoms with Crippen molar-refractivity contribution in [1.29, 1.82) is 0 Å². The van der Waals surface area contributed by atoms with Crippen LogP contribution >= 0.6 is 11.8 Å². The third kappa shape index (κ3) is 6.30. The summed E-state index contributed by atoms with van der Waals surface area (Å²) in [6.07, 6.45) is 0.559. The Kier molecular flexibility index (Phi) is 8.88. The normalized spacial score (nSPS) is 11.5. The predicted octanol–water partition coefficient (Wildman–Crippen LogP) is 3.73. The first-order chi connectivity index (χ1) is 13.6. The number of benzene rings is 2.